The van der Waals surface area contributed by atoms with Crippen LogP contribution in [0.1, 0.15) is 54.5 Å². The van der Waals surface area contributed by atoms with Gasteiger partial charge in [0.15, 0.2) is 18.1 Å². The molecule has 0 fully saturated rings. The molecule has 3 aromatic rings. The second-order valence-electron chi connectivity index (χ2n) is 9.63. The third-order valence-electron chi connectivity index (χ3n) is 5.82. The summed E-state index contributed by atoms with van der Waals surface area (Å²) in [6, 6.07) is 18.7. The summed E-state index contributed by atoms with van der Waals surface area (Å²) in [6.45, 7) is 10.4. The lowest BCUT2D eigenvalue weighted by Gasteiger charge is -2.13. The SMILES string of the molecule is CCOc1cc(/C=N\NC(=O)C(=O)NCc2ccc(C(C)C)cc2)ccc1OCC(=O)Nc1cc(C)cc(C)c1. The first-order chi connectivity index (χ1) is 19.1. The van der Waals surface area contributed by atoms with Gasteiger partial charge >= 0.3 is 11.8 Å². The van der Waals surface area contributed by atoms with Crippen LogP contribution in [0.4, 0.5) is 5.69 Å². The van der Waals surface area contributed by atoms with Gasteiger partial charge in [-0.3, -0.25) is 14.4 Å². The molecule has 3 N–H and O–H groups in total. The van der Waals surface area contributed by atoms with Crippen LogP contribution in [0.15, 0.2) is 65.8 Å². The molecule has 0 spiro atoms. The van der Waals surface area contributed by atoms with Crippen molar-refractivity contribution in [3.63, 3.8) is 0 Å². The molecule has 0 atom stereocenters. The third kappa shape index (κ3) is 9.27. The van der Waals surface area contributed by atoms with Crippen LogP contribution in [0.25, 0.3) is 0 Å². The van der Waals surface area contributed by atoms with E-state index in [1.807, 2.05) is 63.2 Å². The topological polar surface area (TPSA) is 118 Å². The molecule has 3 aromatic carbocycles. The maximum Gasteiger partial charge on any atom is 0.329 e. The van der Waals surface area contributed by atoms with E-state index in [2.05, 4.69) is 35.0 Å². The van der Waals surface area contributed by atoms with Gasteiger partial charge in [0.05, 0.1) is 12.8 Å². The quantitative estimate of drug-likeness (QED) is 0.185. The van der Waals surface area contributed by atoms with Crippen molar-refractivity contribution in [2.45, 2.75) is 47.1 Å². The van der Waals surface area contributed by atoms with Crippen molar-refractivity contribution in [1.82, 2.24) is 10.7 Å². The fourth-order valence-corrected chi connectivity index (χ4v) is 3.88. The fourth-order valence-electron chi connectivity index (χ4n) is 3.88. The Labute approximate surface area is 235 Å². The smallest absolute Gasteiger partial charge is 0.329 e. The summed E-state index contributed by atoms with van der Waals surface area (Å²) >= 11 is 0. The van der Waals surface area contributed by atoms with Gasteiger partial charge in [-0.15, -0.1) is 0 Å². The first-order valence-electron chi connectivity index (χ1n) is 13.1. The number of carbonyl (C=O) groups excluding carboxylic acids is 3. The van der Waals surface area contributed by atoms with E-state index in [9.17, 15) is 14.4 Å². The molecule has 0 aliphatic carbocycles. The minimum absolute atomic E-state index is 0.201. The number of aryl methyl sites for hydroxylation is 2. The second-order valence-corrected chi connectivity index (χ2v) is 9.63. The summed E-state index contributed by atoms with van der Waals surface area (Å²) in [4.78, 5) is 36.6. The highest BCUT2D eigenvalue weighted by atomic mass is 16.5. The number of hydrazone groups is 1. The van der Waals surface area contributed by atoms with Crippen molar-refractivity contribution >= 4 is 29.6 Å². The number of nitrogens with one attached hydrogen (secondary N) is 3. The van der Waals surface area contributed by atoms with Gasteiger partial charge in [-0.25, -0.2) is 5.43 Å². The molecule has 210 valence electrons. The van der Waals surface area contributed by atoms with Crippen molar-refractivity contribution in [2.24, 2.45) is 5.10 Å². The Kier molecular flexibility index (Phi) is 10.8. The molecular weight excluding hydrogens is 508 g/mol. The summed E-state index contributed by atoms with van der Waals surface area (Å²) in [6.07, 6.45) is 1.38. The number of amides is 3. The maximum absolute atomic E-state index is 12.4. The lowest BCUT2D eigenvalue weighted by molar-refractivity contribution is -0.139. The molecule has 0 aliphatic rings. The number of nitrogens with zero attached hydrogens (tertiary/aromatic N) is 1. The summed E-state index contributed by atoms with van der Waals surface area (Å²) in [5.41, 5.74) is 7.72. The summed E-state index contributed by atoms with van der Waals surface area (Å²) in [5.74, 6) is -0.747. The molecule has 0 heterocycles. The molecule has 0 saturated heterocycles. The number of carbonyl (C=O) groups is 3. The first kappa shape index (κ1) is 29.9. The summed E-state index contributed by atoms with van der Waals surface area (Å²) in [5, 5.41) is 9.28. The molecule has 0 aliphatic heterocycles. The van der Waals surface area contributed by atoms with Crippen LogP contribution in [-0.2, 0) is 20.9 Å². The van der Waals surface area contributed by atoms with Gasteiger partial charge in [0, 0.05) is 12.2 Å². The standard InChI is InChI=1S/C31H36N4O5/c1-6-39-28-16-24(9-12-27(28)40-19-29(36)34-26-14-21(4)13-22(5)15-26)18-33-35-31(38)30(37)32-17-23-7-10-25(11-8-23)20(2)3/h7-16,18,20H,6,17,19H2,1-5H3,(H,32,37)(H,34,36)(H,35,38)/b33-18-. The average Bonchev–Trinajstić information content (AvgIpc) is 2.91. The van der Waals surface area contributed by atoms with Crippen LogP contribution < -0.4 is 25.5 Å². The second kappa shape index (κ2) is 14.5. The van der Waals surface area contributed by atoms with E-state index in [-0.39, 0.29) is 19.1 Å². The van der Waals surface area contributed by atoms with Gasteiger partial charge in [-0.05, 0) is 84.8 Å². The number of anilines is 1. The molecule has 3 amide bonds. The van der Waals surface area contributed by atoms with E-state index in [4.69, 9.17) is 9.47 Å². The zero-order chi connectivity index (χ0) is 29.1. The van der Waals surface area contributed by atoms with Crippen LogP contribution >= 0.6 is 0 Å². The molecule has 9 nitrogen and oxygen atoms in total. The summed E-state index contributed by atoms with van der Waals surface area (Å²) in [7, 11) is 0. The van der Waals surface area contributed by atoms with Gasteiger partial charge in [-0.2, -0.15) is 5.10 Å². The van der Waals surface area contributed by atoms with Crippen LogP contribution in [0, 0.1) is 13.8 Å². The van der Waals surface area contributed by atoms with Crippen LogP contribution in [0.2, 0.25) is 0 Å². The maximum atomic E-state index is 12.4. The number of benzene rings is 3. The van der Waals surface area contributed by atoms with Gasteiger partial charge in [0.25, 0.3) is 5.91 Å². The molecule has 0 unspecified atom stereocenters. The number of hydrogen-bond acceptors (Lipinski definition) is 6. The highest BCUT2D eigenvalue weighted by Gasteiger charge is 2.13. The Morgan fingerprint density at radius 2 is 1.57 bits per heavy atom. The lowest BCUT2D eigenvalue weighted by atomic mass is 10.0. The van der Waals surface area contributed by atoms with E-state index in [1.165, 1.54) is 11.8 Å². The van der Waals surface area contributed by atoms with Crippen molar-refractivity contribution in [2.75, 3.05) is 18.5 Å². The summed E-state index contributed by atoms with van der Waals surface area (Å²) < 4.78 is 11.3. The predicted octanol–water partition coefficient (Wildman–Crippen LogP) is 4.61. The van der Waals surface area contributed by atoms with Crippen molar-refractivity contribution in [3.05, 3.63) is 88.5 Å². The molecular formula is C31H36N4O5. The molecule has 0 aromatic heterocycles. The number of rotatable bonds is 11. The van der Waals surface area contributed by atoms with Gasteiger partial charge in [-0.1, -0.05) is 44.2 Å². The van der Waals surface area contributed by atoms with E-state index in [1.54, 1.807) is 18.2 Å². The first-order valence-corrected chi connectivity index (χ1v) is 13.1. The van der Waals surface area contributed by atoms with Gasteiger partial charge in [0.2, 0.25) is 0 Å². The Morgan fingerprint density at radius 3 is 2.23 bits per heavy atom. The Bertz CT molecular complexity index is 1350. The van der Waals surface area contributed by atoms with E-state index in [0.29, 0.717) is 35.3 Å². The van der Waals surface area contributed by atoms with Crippen molar-refractivity contribution in [1.29, 1.82) is 0 Å². The largest absolute Gasteiger partial charge is 0.490 e. The Morgan fingerprint density at radius 1 is 0.875 bits per heavy atom. The predicted molar refractivity (Wildman–Crippen MR) is 156 cm³/mol. The van der Waals surface area contributed by atoms with Gasteiger partial charge < -0.3 is 20.1 Å². The van der Waals surface area contributed by atoms with Crippen LogP contribution in [-0.4, -0.2) is 37.1 Å². The molecule has 0 radical (unpaired) electrons. The minimum atomic E-state index is -0.880. The fraction of sp³-hybridized carbons (Fsp3) is 0.290. The molecule has 40 heavy (non-hydrogen) atoms. The highest BCUT2D eigenvalue weighted by Crippen LogP contribution is 2.28. The molecule has 9 heteroatoms. The molecule has 3 rings (SSSR count). The van der Waals surface area contributed by atoms with E-state index >= 15 is 0 Å². The monoisotopic (exact) mass is 544 g/mol. The number of hydrogen-bond donors (Lipinski definition) is 3. The number of ether oxygens (including phenoxy) is 2. The Hall–Kier alpha value is -4.66. The van der Waals surface area contributed by atoms with Crippen molar-refractivity contribution in [3.8, 4) is 11.5 Å². The lowest BCUT2D eigenvalue weighted by Crippen LogP contribution is -2.37. The van der Waals surface area contributed by atoms with Crippen molar-refractivity contribution < 1.29 is 23.9 Å². The zero-order valence-corrected chi connectivity index (χ0v) is 23.5. The van der Waals surface area contributed by atoms with E-state index in [0.717, 1.165) is 16.7 Å². The zero-order valence-electron chi connectivity index (χ0n) is 23.5. The van der Waals surface area contributed by atoms with Crippen LogP contribution in [0.3, 0.4) is 0 Å². The Balaban J connectivity index is 1.51. The highest BCUT2D eigenvalue weighted by molar-refractivity contribution is 6.35. The third-order valence-corrected chi connectivity index (χ3v) is 5.82. The van der Waals surface area contributed by atoms with Gasteiger partial charge in [0.1, 0.15) is 0 Å². The molecule has 0 saturated carbocycles. The minimum Gasteiger partial charge on any atom is -0.490 e. The van der Waals surface area contributed by atoms with E-state index < -0.39 is 11.8 Å². The normalized spacial score (nSPS) is 10.8. The average molecular weight is 545 g/mol. The van der Waals surface area contributed by atoms with Crippen LogP contribution in [0.5, 0.6) is 11.5 Å². The molecule has 0 bridgehead atoms.